The number of sulfone groups is 2. The number of alkyl halides is 6. The summed E-state index contributed by atoms with van der Waals surface area (Å²) >= 11 is 0. The van der Waals surface area contributed by atoms with Crippen LogP contribution in [0.2, 0.25) is 0 Å². The van der Waals surface area contributed by atoms with E-state index >= 15 is 0 Å². The summed E-state index contributed by atoms with van der Waals surface area (Å²) in [7, 11) is -15.0. The maximum absolute atomic E-state index is 12.7. The molecule has 0 bridgehead atoms. The smallest absolute Gasteiger partial charge is 0.860 e. The van der Waals surface area contributed by atoms with Gasteiger partial charge in [0.15, 0.2) is 0 Å². The Bertz CT molecular complexity index is 883. The van der Waals surface area contributed by atoms with Crippen LogP contribution in [0.3, 0.4) is 0 Å². The van der Waals surface area contributed by atoms with Crippen LogP contribution in [0.1, 0.15) is 12.8 Å². The molecule has 0 aliphatic carbocycles. The van der Waals surface area contributed by atoms with Gasteiger partial charge in [-0.1, -0.05) is 0 Å². The van der Waals surface area contributed by atoms with Gasteiger partial charge in [-0.05, 0) is 12.0 Å². The van der Waals surface area contributed by atoms with E-state index in [2.05, 4.69) is 0 Å². The molecule has 0 saturated carbocycles. The first kappa shape index (κ1) is 28.3. The minimum absolute atomic E-state index is 0. The fraction of sp³-hybridized carbons (Fsp3) is 0.500. The first-order valence-corrected chi connectivity index (χ1v) is 8.97. The summed E-state index contributed by atoms with van der Waals surface area (Å²) < 4.78 is 116. The zero-order valence-electron chi connectivity index (χ0n) is 13.4. The van der Waals surface area contributed by atoms with E-state index in [1.165, 1.54) is 6.07 Å². The second-order valence-electron chi connectivity index (χ2n) is 4.39. The van der Waals surface area contributed by atoms with Crippen molar-refractivity contribution in [2.75, 3.05) is 0 Å². The summed E-state index contributed by atoms with van der Waals surface area (Å²) in [6.07, 6.45) is -2.55. The van der Waals surface area contributed by atoms with E-state index in [4.69, 9.17) is 10.5 Å². The SMILES string of the molecule is N#CCCC(=O)N/C([O-])=C/C(C#N)(S(=O)(=O)C(F)(F)F)S(=O)(=O)C(F)(F)F.[Li+]. The average Bonchev–Trinajstić information content (AvgIpc) is 2.47. The van der Waals surface area contributed by atoms with Crippen LogP contribution in [0.4, 0.5) is 26.3 Å². The van der Waals surface area contributed by atoms with Crippen molar-refractivity contribution in [2.24, 2.45) is 0 Å². The van der Waals surface area contributed by atoms with Gasteiger partial charge in [-0.3, -0.25) is 4.79 Å². The van der Waals surface area contributed by atoms with Gasteiger partial charge in [-0.2, -0.15) is 36.9 Å². The second-order valence-corrected chi connectivity index (χ2v) is 8.88. The zero-order valence-corrected chi connectivity index (χ0v) is 15.1. The number of halogens is 6. The van der Waals surface area contributed by atoms with E-state index < -0.39 is 65.5 Å². The molecule has 0 aromatic carbocycles. The van der Waals surface area contributed by atoms with Gasteiger partial charge in [0.2, 0.25) is 5.91 Å². The predicted octanol–water partition coefficient (Wildman–Crippen LogP) is -3.30. The van der Waals surface area contributed by atoms with Gasteiger partial charge in [0.1, 0.15) is 6.07 Å². The van der Waals surface area contributed by atoms with Crippen molar-refractivity contribution >= 4 is 25.6 Å². The van der Waals surface area contributed by atoms with E-state index in [-0.39, 0.29) is 24.9 Å². The van der Waals surface area contributed by atoms with Crippen molar-refractivity contribution in [2.45, 2.75) is 27.9 Å². The molecule has 0 spiro atoms. The molecular formula is C10H6F6LiN3O6S2. The number of nitrogens with one attached hydrogen (secondary N) is 1. The van der Waals surface area contributed by atoms with Crippen molar-refractivity contribution in [1.82, 2.24) is 5.32 Å². The molecule has 0 unspecified atom stereocenters. The minimum atomic E-state index is -7.49. The number of hydrogen-bond acceptors (Lipinski definition) is 8. The van der Waals surface area contributed by atoms with Gasteiger partial charge in [-0.25, -0.2) is 16.8 Å². The molecule has 0 rings (SSSR count). The van der Waals surface area contributed by atoms with Gasteiger partial charge in [-0.15, -0.1) is 0 Å². The topological polar surface area (TPSA) is 168 Å². The van der Waals surface area contributed by atoms with Crippen LogP contribution in [0.15, 0.2) is 12.0 Å². The van der Waals surface area contributed by atoms with Crippen molar-refractivity contribution in [3.8, 4) is 12.1 Å². The molecule has 0 aromatic rings. The first-order chi connectivity index (χ1) is 11.9. The predicted molar refractivity (Wildman–Crippen MR) is 69.4 cm³/mol. The Morgan fingerprint density at radius 2 is 1.39 bits per heavy atom. The molecule has 152 valence electrons. The molecule has 1 amide bonds. The quantitative estimate of drug-likeness (QED) is 0.250. The van der Waals surface area contributed by atoms with Crippen LogP contribution in [-0.4, -0.2) is 37.8 Å². The molecular weight excluding hydrogens is 443 g/mol. The van der Waals surface area contributed by atoms with Gasteiger partial charge in [0, 0.05) is 12.8 Å². The number of nitrogens with zero attached hydrogens (tertiary/aromatic N) is 2. The number of carbonyl (C=O) groups excluding carboxylic acids is 1. The summed E-state index contributed by atoms with van der Waals surface area (Å²) in [5.74, 6) is -3.81. The largest absolute Gasteiger partial charge is 1.00 e. The summed E-state index contributed by atoms with van der Waals surface area (Å²) in [5, 5.41) is 29.3. The summed E-state index contributed by atoms with van der Waals surface area (Å²) in [6, 6.07) is 1.26. The Kier molecular flexibility index (Phi) is 9.13. The molecule has 0 saturated heterocycles. The van der Waals surface area contributed by atoms with Crippen LogP contribution in [0.25, 0.3) is 0 Å². The molecule has 1 N–H and O–H groups in total. The number of carbonyl (C=O) groups is 1. The van der Waals surface area contributed by atoms with Crippen molar-refractivity contribution < 1.29 is 71.9 Å². The maximum atomic E-state index is 12.7. The van der Waals surface area contributed by atoms with Gasteiger partial charge >= 0.3 is 29.9 Å². The number of amides is 1. The fourth-order valence-electron chi connectivity index (χ4n) is 1.37. The summed E-state index contributed by atoms with van der Waals surface area (Å²) in [4.78, 5) is 11.2. The summed E-state index contributed by atoms with van der Waals surface area (Å²) in [6.45, 7) is 0. The van der Waals surface area contributed by atoms with Gasteiger partial charge in [0.05, 0.1) is 6.07 Å². The Balaban J connectivity index is 0. The molecule has 28 heavy (non-hydrogen) atoms. The maximum Gasteiger partial charge on any atom is 1.00 e. The molecule has 0 aliphatic heterocycles. The average molecular weight is 449 g/mol. The molecule has 0 aromatic heterocycles. The number of hydrogen-bond donors (Lipinski definition) is 1. The van der Waals surface area contributed by atoms with E-state index in [1.54, 1.807) is 0 Å². The van der Waals surface area contributed by atoms with E-state index in [0.29, 0.717) is 0 Å². The van der Waals surface area contributed by atoms with Crippen LogP contribution >= 0.6 is 0 Å². The molecule has 0 atom stereocenters. The summed E-state index contributed by atoms with van der Waals surface area (Å²) in [5.41, 5.74) is -13.4. The third kappa shape index (κ3) is 5.11. The van der Waals surface area contributed by atoms with Crippen molar-refractivity contribution in [1.29, 1.82) is 10.5 Å². The van der Waals surface area contributed by atoms with Gasteiger partial charge < -0.3 is 10.4 Å². The molecule has 0 aliphatic rings. The second kappa shape index (κ2) is 9.04. The van der Waals surface area contributed by atoms with Crippen molar-refractivity contribution in [3.63, 3.8) is 0 Å². The van der Waals surface area contributed by atoms with E-state index in [1.807, 2.05) is 0 Å². The molecule has 18 heteroatoms. The van der Waals surface area contributed by atoms with Crippen molar-refractivity contribution in [3.05, 3.63) is 12.0 Å². The van der Waals surface area contributed by atoms with Gasteiger partial charge in [0.25, 0.3) is 23.8 Å². The fourth-order valence-corrected chi connectivity index (χ4v) is 4.55. The Labute approximate surface area is 165 Å². The zero-order chi connectivity index (χ0) is 21.9. The Hall–Kier alpha value is -1.93. The molecule has 0 radical (unpaired) electrons. The third-order valence-electron chi connectivity index (χ3n) is 2.61. The Morgan fingerprint density at radius 3 is 1.68 bits per heavy atom. The monoisotopic (exact) mass is 449 g/mol. The Morgan fingerprint density at radius 1 is 1.00 bits per heavy atom. The van der Waals surface area contributed by atoms with Crippen LogP contribution in [0, 0.1) is 22.7 Å². The van der Waals surface area contributed by atoms with Crippen LogP contribution in [0.5, 0.6) is 0 Å². The first-order valence-electron chi connectivity index (χ1n) is 6.01. The van der Waals surface area contributed by atoms with Crippen LogP contribution < -0.4 is 29.3 Å². The number of nitriles is 2. The van der Waals surface area contributed by atoms with E-state index in [9.17, 15) is 53.1 Å². The van der Waals surface area contributed by atoms with E-state index in [0.717, 1.165) is 5.32 Å². The van der Waals surface area contributed by atoms with Crippen LogP contribution in [-0.2, 0) is 24.5 Å². The normalized spacial score (nSPS) is 13.6. The minimum Gasteiger partial charge on any atom is -0.860 e. The molecule has 9 nitrogen and oxygen atoms in total. The molecule has 0 heterocycles. The third-order valence-corrected chi connectivity index (χ3v) is 7.16. The molecule has 0 fully saturated rings. The number of rotatable bonds is 6. The standard InChI is InChI=1S/C10H7F6N3O6S2.Li/c11-9(12,13)26(22,23)8(5-18,27(24,25)10(14,15)16)4-7(21)19-6(20)2-1-3-17;/h4,21H,1-2H2,(H,19,20);/q;+1/p-1/b7-4-;.